The summed E-state index contributed by atoms with van der Waals surface area (Å²) in [5.74, 6) is -0.410. The molecule has 0 fully saturated rings. The number of rotatable bonds is 13. The molecular weight excluding hydrogens is 553 g/mol. The first kappa shape index (κ1) is 29.8. The van der Waals surface area contributed by atoms with E-state index >= 15 is 0 Å². The number of fused-ring (bicyclic) bond motifs is 1. The molecule has 4 rings (SSSR count). The number of methoxy groups -OCH3 is 1. The maximum absolute atomic E-state index is 14.0. The van der Waals surface area contributed by atoms with Gasteiger partial charge in [-0.3, -0.25) is 9.89 Å². The van der Waals surface area contributed by atoms with Gasteiger partial charge in [-0.05, 0) is 48.0 Å². The zero-order chi connectivity index (χ0) is 29.5. The van der Waals surface area contributed by atoms with E-state index in [4.69, 9.17) is 14.2 Å². The molecule has 14 heteroatoms. The van der Waals surface area contributed by atoms with Gasteiger partial charge in [0.2, 0.25) is 5.60 Å². The van der Waals surface area contributed by atoms with Crippen molar-refractivity contribution in [3.05, 3.63) is 78.1 Å². The van der Waals surface area contributed by atoms with Gasteiger partial charge in [0.05, 0.1) is 43.7 Å². The molecule has 2 aromatic carbocycles. The van der Waals surface area contributed by atoms with Gasteiger partial charge in [-0.15, -0.1) is 0 Å². The van der Waals surface area contributed by atoms with Gasteiger partial charge in [0.15, 0.2) is 0 Å². The molecular formula is C27H26F5N5O4. The number of aromatic nitrogens is 3. The van der Waals surface area contributed by atoms with Crippen LogP contribution in [0.2, 0.25) is 0 Å². The standard InChI is InChI=1S/C27H26F5N5O4/c1-39-11-12-40-13-14-41-26(25(28)29,27(30,31)32)18-5-8-19(9-6-18)36-24(38)21-3-2-10-33-23(21)35-20-7-4-17-16-34-37-22(17)15-20/h2-10,15-16,25H,11-14H2,1H3,(H,33,35)(H,34,37)(H,36,38). The molecule has 218 valence electrons. The fraction of sp³-hybridized carbons (Fsp3) is 0.296. The number of halogens is 5. The summed E-state index contributed by atoms with van der Waals surface area (Å²) in [7, 11) is 1.41. The summed E-state index contributed by atoms with van der Waals surface area (Å²) < 4.78 is 84.6. The van der Waals surface area contributed by atoms with Crippen molar-refractivity contribution < 1.29 is 41.0 Å². The van der Waals surface area contributed by atoms with Crippen molar-refractivity contribution in [3.8, 4) is 0 Å². The van der Waals surface area contributed by atoms with Crippen LogP contribution in [0.3, 0.4) is 0 Å². The molecule has 1 amide bonds. The Morgan fingerprint density at radius 3 is 2.44 bits per heavy atom. The highest BCUT2D eigenvalue weighted by atomic mass is 19.4. The highest BCUT2D eigenvalue weighted by Crippen LogP contribution is 2.47. The van der Waals surface area contributed by atoms with Crippen LogP contribution in [0.1, 0.15) is 15.9 Å². The lowest BCUT2D eigenvalue weighted by molar-refractivity contribution is -0.324. The summed E-state index contributed by atoms with van der Waals surface area (Å²) in [5, 5.41) is 13.3. The lowest BCUT2D eigenvalue weighted by Crippen LogP contribution is -2.51. The molecule has 2 aromatic heterocycles. The lowest BCUT2D eigenvalue weighted by atomic mass is 9.92. The zero-order valence-corrected chi connectivity index (χ0v) is 21.7. The molecule has 0 radical (unpaired) electrons. The molecule has 1 unspecified atom stereocenters. The summed E-state index contributed by atoms with van der Waals surface area (Å²) >= 11 is 0. The van der Waals surface area contributed by atoms with Crippen LogP contribution in [-0.2, 0) is 19.8 Å². The first-order valence-corrected chi connectivity index (χ1v) is 12.3. The summed E-state index contributed by atoms with van der Waals surface area (Å²) in [6, 6.07) is 12.3. The van der Waals surface area contributed by atoms with Crippen molar-refractivity contribution in [2.24, 2.45) is 0 Å². The van der Waals surface area contributed by atoms with E-state index in [1.807, 2.05) is 6.07 Å². The van der Waals surface area contributed by atoms with Gasteiger partial charge in [0.1, 0.15) is 5.82 Å². The summed E-state index contributed by atoms with van der Waals surface area (Å²) in [5.41, 5.74) is -3.13. The number of alkyl halides is 5. The van der Waals surface area contributed by atoms with Crippen LogP contribution in [0.25, 0.3) is 10.9 Å². The Labute approximate surface area is 231 Å². The van der Waals surface area contributed by atoms with E-state index in [-0.39, 0.29) is 36.9 Å². The Balaban J connectivity index is 1.50. The number of hydrogen-bond acceptors (Lipinski definition) is 7. The molecule has 0 aliphatic heterocycles. The Morgan fingerprint density at radius 1 is 1.00 bits per heavy atom. The van der Waals surface area contributed by atoms with Crippen LogP contribution in [0.5, 0.6) is 0 Å². The highest BCUT2D eigenvalue weighted by molar-refractivity contribution is 6.07. The van der Waals surface area contributed by atoms with Crippen LogP contribution >= 0.6 is 0 Å². The van der Waals surface area contributed by atoms with E-state index in [2.05, 4.69) is 25.8 Å². The number of amides is 1. The summed E-state index contributed by atoms with van der Waals surface area (Å²) in [6.45, 7) is -0.838. The van der Waals surface area contributed by atoms with Gasteiger partial charge in [-0.1, -0.05) is 12.1 Å². The molecule has 2 heterocycles. The third kappa shape index (κ3) is 6.78. The van der Waals surface area contributed by atoms with Crippen molar-refractivity contribution >= 4 is 34.0 Å². The smallest absolute Gasteiger partial charge is 0.382 e. The number of H-pyrrole nitrogens is 1. The van der Waals surface area contributed by atoms with Gasteiger partial charge in [0.25, 0.3) is 12.3 Å². The zero-order valence-electron chi connectivity index (χ0n) is 21.7. The quantitative estimate of drug-likeness (QED) is 0.139. The number of hydrogen-bond donors (Lipinski definition) is 3. The van der Waals surface area contributed by atoms with Crippen LogP contribution in [0, 0.1) is 0 Å². The molecule has 1 atom stereocenters. The SMILES string of the molecule is COCCOCCOC(c1ccc(NC(=O)c2cccnc2Nc2ccc3cn[nH]c3c2)cc1)(C(F)F)C(F)(F)F. The Morgan fingerprint density at radius 2 is 1.73 bits per heavy atom. The molecule has 0 saturated heterocycles. The first-order valence-electron chi connectivity index (χ1n) is 12.3. The Bertz CT molecular complexity index is 1450. The van der Waals surface area contributed by atoms with Crippen LogP contribution in [0.4, 0.5) is 39.1 Å². The number of nitrogens with one attached hydrogen (secondary N) is 3. The number of ether oxygens (including phenoxy) is 3. The third-order valence-corrected chi connectivity index (χ3v) is 6.05. The van der Waals surface area contributed by atoms with Crippen LogP contribution in [-0.4, -0.2) is 67.2 Å². The number of carbonyl (C=O) groups excluding carboxylic acids is 1. The maximum atomic E-state index is 14.0. The molecule has 3 N–H and O–H groups in total. The van der Waals surface area contributed by atoms with E-state index in [0.29, 0.717) is 5.69 Å². The fourth-order valence-corrected chi connectivity index (χ4v) is 3.99. The van der Waals surface area contributed by atoms with Crippen molar-refractivity contribution in [1.82, 2.24) is 15.2 Å². The normalized spacial score (nSPS) is 13.3. The molecule has 0 aliphatic rings. The number of carbonyl (C=O) groups is 1. The summed E-state index contributed by atoms with van der Waals surface area (Å²) in [4.78, 5) is 17.2. The molecule has 0 saturated carbocycles. The molecule has 4 aromatic rings. The van der Waals surface area contributed by atoms with E-state index in [1.165, 1.54) is 25.4 Å². The lowest BCUT2D eigenvalue weighted by Gasteiger charge is -2.35. The van der Waals surface area contributed by atoms with Crippen molar-refractivity contribution in [2.75, 3.05) is 44.2 Å². The van der Waals surface area contributed by atoms with Crippen LogP contribution in [0.15, 0.2) is 67.0 Å². The number of benzene rings is 2. The third-order valence-electron chi connectivity index (χ3n) is 6.05. The van der Waals surface area contributed by atoms with Gasteiger partial charge in [-0.2, -0.15) is 18.3 Å². The van der Waals surface area contributed by atoms with E-state index in [0.717, 1.165) is 35.2 Å². The number of aromatic amines is 1. The largest absolute Gasteiger partial charge is 0.427 e. The average Bonchev–Trinajstić information content (AvgIpc) is 3.41. The molecule has 0 aliphatic carbocycles. The summed E-state index contributed by atoms with van der Waals surface area (Å²) in [6.07, 6.45) is -6.25. The fourth-order valence-electron chi connectivity index (χ4n) is 3.99. The predicted octanol–water partition coefficient (Wildman–Crippen LogP) is 5.66. The molecule has 0 spiro atoms. The molecule has 41 heavy (non-hydrogen) atoms. The second-order valence-electron chi connectivity index (χ2n) is 8.72. The van der Waals surface area contributed by atoms with Crippen molar-refractivity contribution in [3.63, 3.8) is 0 Å². The van der Waals surface area contributed by atoms with Gasteiger partial charge in [-0.25, -0.2) is 13.8 Å². The average molecular weight is 580 g/mol. The van der Waals surface area contributed by atoms with Gasteiger partial charge in [0, 0.05) is 30.1 Å². The molecule has 9 nitrogen and oxygen atoms in total. The monoisotopic (exact) mass is 579 g/mol. The van der Waals surface area contributed by atoms with E-state index in [9.17, 15) is 26.7 Å². The minimum atomic E-state index is -5.45. The second kappa shape index (κ2) is 13.0. The Hall–Kier alpha value is -4.14. The van der Waals surface area contributed by atoms with Crippen molar-refractivity contribution in [1.29, 1.82) is 0 Å². The first-order chi connectivity index (χ1) is 19.7. The number of pyridine rings is 1. The van der Waals surface area contributed by atoms with Crippen LogP contribution < -0.4 is 10.6 Å². The van der Waals surface area contributed by atoms with Gasteiger partial charge >= 0.3 is 6.18 Å². The second-order valence-corrected chi connectivity index (χ2v) is 8.72. The number of nitrogens with zero attached hydrogens (tertiary/aromatic N) is 2. The maximum Gasteiger partial charge on any atom is 0.427 e. The van der Waals surface area contributed by atoms with E-state index in [1.54, 1.807) is 18.3 Å². The topological polar surface area (TPSA) is 110 Å². The minimum absolute atomic E-state index is 0.0651. The number of anilines is 3. The molecule has 0 bridgehead atoms. The predicted molar refractivity (Wildman–Crippen MR) is 140 cm³/mol. The Kier molecular flexibility index (Phi) is 9.47. The highest BCUT2D eigenvalue weighted by Gasteiger charge is 2.64. The van der Waals surface area contributed by atoms with Crippen molar-refractivity contribution in [2.45, 2.75) is 18.2 Å². The van der Waals surface area contributed by atoms with Gasteiger partial charge < -0.3 is 24.8 Å². The van der Waals surface area contributed by atoms with E-state index < -0.39 is 36.3 Å². The minimum Gasteiger partial charge on any atom is -0.382 e.